The Hall–Kier alpha value is -3.81. The van der Waals surface area contributed by atoms with E-state index < -0.39 is 6.03 Å². The number of hydrogen-bond donors (Lipinski definition) is 1. The molecule has 0 bridgehead atoms. The van der Waals surface area contributed by atoms with Gasteiger partial charge in [-0.3, -0.25) is 19.4 Å². The average molecular weight is 746 g/mol. The lowest BCUT2D eigenvalue weighted by molar-refractivity contribution is -0.136. The number of rotatable bonds is 14. The molecule has 278 valence electrons. The van der Waals surface area contributed by atoms with Crippen LogP contribution in [0.25, 0.3) is 0 Å². The van der Waals surface area contributed by atoms with Crippen LogP contribution in [0.3, 0.4) is 0 Å². The highest BCUT2D eigenvalue weighted by atomic mass is 35.5. The molecular weight excluding hydrogens is 695 g/mol. The van der Waals surface area contributed by atoms with Crippen molar-refractivity contribution >= 4 is 58.5 Å². The number of unbranched alkanes of at least 4 members (excludes halogenated alkanes) is 4. The Balaban J connectivity index is 1.48. The summed E-state index contributed by atoms with van der Waals surface area (Å²) in [5.41, 5.74) is 0.939. The molecule has 4 heterocycles. The Morgan fingerprint density at radius 2 is 1.78 bits per heavy atom. The minimum Gasteiger partial charge on any atom is -0.495 e. The largest absolute Gasteiger partial charge is 0.495 e. The molecule has 15 heteroatoms. The molecule has 13 nitrogen and oxygen atoms in total. The lowest BCUT2D eigenvalue weighted by atomic mass is 9.97. The van der Waals surface area contributed by atoms with E-state index >= 15 is 0 Å². The molecule has 1 aromatic carbocycles. The third-order valence-corrected chi connectivity index (χ3v) is 10.8. The van der Waals surface area contributed by atoms with Crippen molar-refractivity contribution in [3.05, 3.63) is 40.5 Å². The number of nitrogens with one attached hydrogen (secondary N) is 1. The third-order valence-electron chi connectivity index (χ3n) is 10.1. The first-order valence-electron chi connectivity index (χ1n) is 17.7. The second kappa shape index (κ2) is 17.1. The fourth-order valence-electron chi connectivity index (χ4n) is 7.31. The molecule has 3 aliphatic rings. The van der Waals surface area contributed by atoms with Gasteiger partial charge in [-0.15, -0.1) is 0 Å². The number of carbonyl (C=O) groups excluding carboxylic acids is 3. The van der Waals surface area contributed by atoms with Crippen molar-refractivity contribution in [2.45, 2.75) is 70.5 Å². The van der Waals surface area contributed by atoms with Gasteiger partial charge in [0.15, 0.2) is 0 Å². The molecule has 0 saturated carbocycles. The van der Waals surface area contributed by atoms with E-state index in [-0.39, 0.29) is 52.1 Å². The number of hydrogen-bond acceptors (Lipinski definition) is 9. The van der Waals surface area contributed by atoms with Crippen LogP contribution in [0.2, 0.25) is 10.0 Å². The van der Waals surface area contributed by atoms with Gasteiger partial charge in [0.25, 0.3) is 0 Å². The van der Waals surface area contributed by atoms with Gasteiger partial charge in [0.05, 0.1) is 44.5 Å². The van der Waals surface area contributed by atoms with Crippen LogP contribution in [0.5, 0.6) is 11.5 Å². The van der Waals surface area contributed by atoms with Gasteiger partial charge < -0.3 is 29.5 Å². The van der Waals surface area contributed by atoms with Gasteiger partial charge in [-0.05, 0) is 38.9 Å². The number of carbonyl (C=O) groups is 3. The number of halogens is 2. The third kappa shape index (κ3) is 8.31. The Bertz CT molecular complexity index is 1580. The normalized spacial score (nSPS) is 20.6. The zero-order chi connectivity index (χ0) is 36.8. The fraction of sp³-hybridized carbons (Fsp3) is 0.583. The summed E-state index contributed by atoms with van der Waals surface area (Å²) in [6.45, 7) is 9.04. The molecule has 51 heavy (non-hydrogen) atoms. The quantitative estimate of drug-likeness (QED) is 0.201. The van der Waals surface area contributed by atoms with Gasteiger partial charge in [0.2, 0.25) is 17.8 Å². The molecule has 1 N–H and O–H groups in total. The molecule has 0 spiro atoms. The fourth-order valence-corrected chi connectivity index (χ4v) is 8.02. The minimum atomic E-state index is -0.399. The van der Waals surface area contributed by atoms with Gasteiger partial charge in [0.1, 0.15) is 27.4 Å². The highest BCUT2D eigenvalue weighted by Gasteiger charge is 2.43. The predicted molar refractivity (Wildman–Crippen MR) is 200 cm³/mol. The molecule has 1 aromatic heterocycles. The molecule has 5 rings (SSSR count). The van der Waals surface area contributed by atoms with Crippen LogP contribution in [-0.4, -0.2) is 111 Å². The van der Waals surface area contributed by atoms with Crippen molar-refractivity contribution < 1.29 is 23.9 Å². The second-order valence-corrected chi connectivity index (χ2v) is 14.3. The van der Waals surface area contributed by atoms with E-state index in [4.69, 9.17) is 42.6 Å². The Labute approximate surface area is 310 Å². The van der Waals surface area contributed by atoms with Crippen LogP contribution < -0.4 is 29.5 Å². The van der Waals surface area contributed by atoms with Crippen molar-refractivity contribution in [3.63, 3.8) is 0 Å². The smallest absolute Gasteiger partial charge is 0.330 e. The Morgan fingerprint density at radius 3 is 2.43 bits per heavy atom. The highest BCUT2D eigenvalue weighted by Crippen LogP contribution is 2.48. The van der Waals surface area contributed by atoms with E-state index in [1.54, 1.807) is 19.3 Å². The van der Waals surface area contributed by atoms with Gasteiger partial charge in [0, 0.05) is 51.1 Å². The number of likely N-dealkylation sites (tertiary alicyclic amines) is 2. The topological polar surface area (TPSA) is 124 Å². The summed E-state index contributed by atoms with van der Waals surface area (Å²) in [4.78, 5) is 59.5. The number of methoxy groups -OCH3 is 2. The average Bonchev–Trinajstić information content (AvgIpc) is 3.54. The van der Waals surface area contributed by atoms with Crippen LogP contribution in [-0.2, 0) is 16.1 Å². The van der Waals surface area contributed by atoms with E-state index in [9.17, 15) is 14.4 Å². The summed E-state index contributed by atoms with van der Waals surface area (Å²) in [7, 11) is 6.64. The molecular formula is C36H50Cl2N8O5. The number of benzene rings is 1. The van der Waals surface area contributed by atoms with Crippen LogP contribution in [0, 0.1) is 5.92 Å². The van der Waals surface area contributed by atoms with Crippen LogP contribution in [0.1, 0.15) is 57.4 Å². The van der Waals surface area contributed by atoms with Crippen molar-refractivity contribution in [1.82, 2.24) is 25.1 Å². The molecule has 2 saturated heterocycles. The molecule has 2 aromatic rings. The summed E-state index contributed by atoms with van der Waals surface area (Å²) >= 11 is 13.4. The number of ether oxygens (including phenoxy) is 2. The first kappa shape index (κ1) is 38.4. The zero-order valence-corrected chi connectivity index (χ0v) is 31.8. The number of aromatic nitrogens is 2. The van der Waals surface area contributed by atoms with E-state index in [2.05, 4.69) is 28.6 Å². The monoisotopic (exact) mass is 744 g/mol. The zero-order valence-electron chi connectivity index (χ0n) is 30.3. The summed E-state index contributed by atoms with van der Waals surface area (Å²) in [6, 6.07) is 0.496. The minimum absolute atomic E-state index is 0.0880. The first-order chi connectivity index (χ1) is 24.5. The summed E-state index contributed by atoms with van der Waals surface area (Å²) in [5, 5.41) is 3.44. The number of nitrogens with zero attached hydrogens (tertiary/aromatic N) is 7. The van der Waals surface area contributed by atoms with Gasteiger partial charge in [-0.1, -0.05) is 62.4 Å². The van der Waals surface area contributed by atoms with Crippen LogP contribution in [0.15, 0.2) is 24.9 Å². The van der Waals surface area contributed by atoms with Crippen LogP contribution >= 0.6 is 23.2 Å². The maximum atomic E-state index is 14.0. The lowest BCUT2D eigenvalue weighted by Crippen LogP contribution is -2.52. The van der Waals surface area contributed by atoms with Crippen LogP contribution in [0.4, 0.5) is 22.2 Å². The number of amides is 4. The maximum Gasteiger partial charge on any atom is 0.330 e. The molecule has 3 atom stereocenters. The van der Waals surface area contributed by atoms with Crippen molar-refractivity contribution in [1.29, 1.82) is 0 Å². The molecule has 3 unspecified atom stereocenters. The molecule has 4 amide bonds. The summed E-state index contributed by atoms with van der Waals surface area (Å²) in [5.74, 6) is 1.21. The molecule has 0 aliphatic carbocycles. The predicted octanol–water partition coefficient (Wildman–Crippen LogP) is 5.38. The summed E-state index contributed by atoms with van der Waals surface area (Å²) in [6.07, 6.45) is 10.0. The Morgan fingerprint density at radius 1 is 1.08 bits per heavy atom. The van der Waals surface area contributed by atoms with Crippen molar-refractivity contribution in [2.75, 3.05) is 75.7 Å². The van der Waals surface area contributed by atoms with Crippen molar-refractivity contribution in [3.8, 4) is 11.5 Å². The number of anilines is 3. The first-order valence-corrected chi connectivity index (χ1v) is 18.5. The summed E-state index contributed by atoms with van der Waals surface area (Å²) < 4.78 is 10.9. The second-order valence-electron chi connectivity index (χ2n) is 13.5. The highest BCUT2D eigenvalue weighted by molar-refractivity contribution is 6.42. The molecule has 2 fully saturated rings. The van der Waals surface area contributed by atoms with E-state index in [1.165, 1.54) is 30.1 Å². The maximum absolute atomic E-state index is 14.0. The number of piperidine rings is 1. The van der Waals surface area contributed by atoms with Gasteiger partial charge >= 0.3 is 6.03 Å². The SMILES string of the molecule is C=CC(=O)NC1CN(C(=O)C2CCCN(C)C2)CC1N(CCCCCCC)c1ncc2c(n1)N(C)C(=O)N(c1c(Cl)c(OC)cc(OC)c1Cl)C2. The molecule has 3 aliphatic heterocycles. The van der Waals surface area contributed by atoms with Gasteiger partial charge in [-0.25, -0.2) is 9.78 Å². The number of urea groups is 1. The standard InChI is InChI=1S/C36H50Cl2N8O5/c1-7-9-10-11-12-16-45(26-22-44(21-25(26)40-29(47)8-2)34(48)23-14-13-15-42(3)19-23)35-39-18-24-20-46(36(49)43(4)33(24)41-35)32-30(37)27(50-5)17-28(51-6)31(32)38/h8,17-18,23,25-26H,2,7,9-16,19-22H2,1,3-6H3,(H,40,47). The van der Waals surface area contributed by atoms with Gasteiger partial charge in [-0.2, -0.15) is 4.98 Å². The Kier molecular flexibility index (Phi) is 12.9. The van der Waals surface area contributed by atoms with E-state index in [1.807, 2.05) is 11.9 Å². The van der Waals surface area contributed by atoms with Crippen molar-refractivity contribution in [2.24, 2.45) is 5.92 Å². The lowest BCUT2D eigenvalue weighted by Gasteiger charge is -2.37. The van der Waals surface area contributed by atoms with E-state index in [0.717, 1.165) is 58.0 Å². The molecule has 0 radical (unpaired) electrons. The number of fused-ring (bicyclic) bond motifs is 1. The van der Waals surface area contributed by atoms with E-state index in [0.29, 0.717) is 48.5 Å².